The molecule has 0 unspecified atom stereocenters. The number of hydrogen-bond acceptors (Lipinski definition) is 3. The lowest BCUT2D eigenvalue weighted by atomic mass is 9.94. The fourth-order valence-electron chi connectivity index (χ4n) is 2.39. The Hall–Kier alpha value is -0.320. The number of thioether (sulfide) groups is 1. The van der Waals surface area contributed by atoms with Gasteiger partial charge in [0.15, 0.2) is 0 Å². The van der Waals surface area contributed by atoms with Crippen LogP contribution < -0.4 is 5.32 Å². The van der Waals surface area contributed by atoms with Crippen LogP contribution in [0.5, 0.6) is 0 Å². The van der Waals surface area contributed by atoms with Crippen molar-refractivity contribution in [1.82, 2.24) is 5.32 Å². The molecule has 0 bridgehead atoms. The van der Waals surface area contributed by atoms with Gasteiger partial charge in [0.1, 0.15) is 0 Å². The standard InChI is InChI=1S/C14H18ClNOS2/c1-19-11-5-2-9(3-6-11)16-14(17)12-8-10(18)4-7-13(12)15/h4,7-9,11,18H,2-3,5-6H2,1H3,(H,16,17). The van der Waals surface area contributed by atoms with Crippen molar-refractivity contribution in [2.75, 3.05) is 6.26 Å². The number of nitrogens with one attached hydrogen (secondary N) is 1. The van der Waals surface area contributed by atoms with E-state index in [1.54, 1.807) is 18.2 Å². The molecule has 0 aliphatic heterocycles. The summed E-state index contributed by atoms with van der Waals surface area (Å²) >= 11 is 12.2. The molecule has 104 valence electrons. The van der Waals surface area contributed by atoms with Crippen LogP contribution in [0.3, 0.4) is 0 Å². The first-order chi connectivity index (χ1) is 9.10. The van der Waals surface area contributed by atoms with Crippen molar-refractivity contribution >= 4 is 41.9 Å². The van der Waals surface area contributed by atoms with Crippen LogP contribution >= 0.6 is 36.0 Å². The van der Waals surface area contributed by atoms with E-state index >= 15 is 0 Å². The monoisotopic (exact) mass is 315 g/mol. The van der Waals surface area contributed by atoms with Gasteiger partial charge >= 0.3 is 0 Å². The average molecular weight is 316 g/mol. The van der Waals surface area contributed by atoms with Gasteiger partial charge in [-0.2, -0.15) is 11.8 Å². The van der Waals surface area contributed by atoms with Crippen LogP contribution in [-0.2, 0) is 0 Å². The van der Waals surface area contributed by atoms with E-state index in [2.05, 4.69) is 24.2 Å². The number of halogens is 1. The maximum Gasteiger partial charge on any atom is 0.253 e. The van der Waals surface area contributed by atoms with Crippen molar-refractivity contribution in [1.29, 1.82) is 0 Å². The third kappa shape index (κ3) is 4.07. The molecule has 2 nitrogen and oxygen atoms in total. The molecular formula is C14H18ClNOS2. The largest absolute Gasteiger partial charge is 0.349 e. The number of benzene rings is 1. The lowest BCUT2D eigenvalue weighted by Crippen LogP contribution is -2.38. The van der Waals surface area contributed by atoms with Crippen molar-refractivity contribution in [3.63, 3.8) is 0 Å². The second-order valence-electron chi connectivity index (χ2n) is 4.85. The van der Waals surface area contributed by atoms with Crippen molar-refractivity contribution in [2.24, 2.45) is 0 Å². The zero-order chi connectivity index (χ0) is 13.8. The van der Waals surface area contributed by atoms with Gasteiger partial charge in [-0.15, -0.1) is 12.6 Å². The molecule has 0 spiro atoms. The Morgan fingerprint density at radius 2 is 2.05 bits per heavy atom. The van der Waals surface area contributed by atoms with Crippen molar-refractivity contribution in [3.8, 4) is 0 Å². The molecule has 1 fully saturated rings. The number of carbonyl (C=O) groups excluding carboxylic acids is 1. The van der Waals surface area contributed by atoms with Crippen LogP contribution in [0.4, 0.5) is 0 Å². The van der Waals surface area contributed by atoms with Gasteiger partial charge in [0.25, 0.3) is 5.91 Å². The molecule has 1 aliphatic carbocycles. The fraction of sp³-hybridized carbons (Fsp3) is 0.500. The van der Waals surface area contributed by atoms with Crippen LogP contribution in [0, 0.1) is 0 Å². The minimum absolute atomic E-state index is 0.0894. The Balaban J connectivity index is 1.96. The van der Waals surface area contributed by atoms with E-state index in [-0.39, 0.29) is 11.9 Å². The molecule has 1 aromatic rings. The molecule has 1 aromatic carbocycles. The first kappa shape index (κ1) is 15.1. The SMILES string of the molecule is CSC1CCC(NC(=O)c2cc(S)ccc2Cl)CC1. The smallest absolute Gasteiger partial charge is 0.253 e. The van der Waals surface area contributed by atoms with Gasteiger partial charge in [0, 0.05) is 16.2 Å². The molecule has 1 saturated carbocycles. The first-order valence-corrected chi connectivity index (χ1v) is 8.53. The van der Waals surface area contributed by atoms with Crippen LogP contribution in [0.15, 0.2) is 23.1 Å². The minimum atomic E-state index is -0.0894. The molecule has 1 amide bonds. The highest BCUT2D eigenvalue weighted by Gasteiger charge is 2.22. The fourth-order valence-corrected chi connectivity index (χ4v) is 3.54. The van der Waals surface area contributed by atoms with Gasteiger partial charge in [0.2, 0.25) is 0 Å². The highest BCUT2D eigenvalue weighted by atomic mass is 35.5. The molecule has 0 heterocycles. The molecule has 19 heavy (non-hydrogen) atoms. The van der Waals surface area contributed by atoms with Gasteiger partial charge in [0.05, 0.1) is 10.6 Å². The summed E-state index contributed by atoms with van der Waals surface area (Å²) < 4.78 is 0. The topological polar surface area (TPSA) is 29.1 Å². The zero-order valence-electron chi connectivity index (χ0n) is 10.9. The normalized spacial score (nSPS) is 23.1. The van der Waals surface area contributed by atoms with Gasteiger partial charge in [-0.05, 0) is 50.1 Å². The van der Waals surface area contributed by atoms with Crippen molar-refractivity contribution < 1.29 is 4.79 Å². The third-order valence-corrected chi connectivity index (χ3v) is 5.28. The second-order valence-corrected chi connectivity index (χ2v) is 6.91. The van der Waals surface area contributed by atoms with Crippen molar-refractivity contribution in [3.05, 3.63) is 28.8 Å². The number of thiol groups is 1. The van der Waals surface area contributed by atoms with Crippen LogP contribution in [0.2, 0.25) is 5.02 Å². The predicted molar refractivity (Wildman–Crippen MR) is 85.7 cm³/mol. The Bertz CT molecular complexity index is 459. The summed E-state index contributed by atoms with van der Waals surface area (Å²) in [5.41, 5.74) is 0.515. The van der Waals surface area contributed by atoms with Crippen LogP contribution in [0.1, 0.15) is 36.0 Å². The van der Waals surface area contributed by atoms with E-state index in [0.717, 1.165) is 23.0 Å². The Kier molecular flexibility index (Phi) is 5.48. The number of rotatable bonds is 3. The number of amides is 1. The summed E-state index contributed by atoms with van der Waals surface area (Å²) in [5, 5.41) is 4.31. The van der Waals surface area contributed by atoms with Gasteiger partial charge in [-0.1, -0.05) is 11.6 Å². The summed E-state index contributed by atoms with van der Waals surface area (Å²) in [6.45, 7) is 0. The van der Waals surface area contributed by atoms with E-state index in [1.165, 1.54) is 12.8 Å². The van der Waals surface area contributed by atoms with E-state index in [9.17, 15) is 4.79 Å². The number of hydrogen-bond donors (Lipinski definition) is 2. The van der Waals surface area contributed by atoms with Gasteiger partial charge < -0.3 is 5.32 Å². The van der Waals surface area contributed by atoms with E-state index < -0.39 is 0 Å². The highest BCUT2D eigenvalue weighted by molar-refractivity contribution is 7.99. The second kappa shape index (κ2) is 6.91. The zero-order valence-corrected chi connectivity index (χ0v) is 13.3. The third-order valence-electron chi connectivity index (χ3n) is 3.54. The molecular weight excluding hydrogens is 298 g/mol. The quantitative estimate of drug-likeness (QED) is 0.825. The predicted octanol–water partition coefficient (Wildman–Crippen LogP) is 4.03. The number of carbonyl (C=O) groups is 1. The maximum absolute atomic E-state index is 12.2. The average Bonchev–Trinajstić information content (AvgIpc) is 2.42. The van der Waals surface area contributed by atoms with E-state index in [4.69, 9.17) is 11.6 Å². The lowest BCUT2D eigenvalue weighted by Gasteiger charge is -2.28. The summed E-state index contributed by atoms with van der Waals surface area (Å²) in [6, 6.07) is 5.49. The Labute approximate surface area is 129 Å². The van der Waals surface area contributed by atoms with Crippen LogP contribution in [-0.4, -0.2) is 23.5 Å². The molecule has 1 N–H and O–H groups in total. The van der Waals surface area contributed by atoms with Gasteiger partial charge in [-0.3, -0.25) is 4.79 Å². The summed E-state index contributed by atoms with van der Waals surface area (Å²) in [5.74, 6) is -0.0894. The summed E-state index contributed by atoms with van der Waals surface area (Å²) in [6.07, 6.45) is 6.60. The Morgan fingerprint density at radius 1 is 1.37 bits per heavy atom. The van der Waals surface area contributed by atoms with E-state index in [1.807, 2.05) is 11.8 Å². The molecule has 0 saturated heterocycles. The molecule has 5 heteroatoms. The van der Waals surface area contributed by atoms with Crippen molar-refractivity contribution in [2.45, 2.75) is 41.9 Å². The van der Waals surface area contributed by atoms with E-state index in [0.29, 0.717) is 10.6 Å². The Morgan fingerprint density at radius 3 is 2.68 bits per heavy atom. The molecule has 0 atom stereocenters. The minimum Gasteiger partial charge on any atom is -0.349 e. The first-order valence-electron chi connectivity index (χ1n) is 6.42. The summed E-state index contributed by atoms with van der Waals surface area (Å²) in [4.78, 5) is 13.0. The van der Waals surface area contributed by atoms with Gasteiger partial charge in [-0.25, -0.2) is 0 Å². The lowest BCUT2D eigenvalue weighted by molar-refractivity contribution is 0.0928. The molecule has 0 radical (unpaired) electrons. The van der Waals surface area contributed by atoms with Crippen LogP contribution in [0.25, 0.3) is 0 Å². The molecule has 1 aliphatic rings. The maximum atomic E-state index is 12.2. The molecule has 2 rings (SSSR count). The molecule has 0 aromatic heterocycles. The summed E-state index contributed by atoms with van der Waals surface area (Å²) in [7, 11) is 0. The highest BCUT2D eigenvalue weighted by Crippen LogP contribution is 2.27.